The number of ether oxygens (including phenoxy) is 2. The average Bonchev–Trinajstić information content (AvgIpc) is 2.92. The molecule has 1 aromatic heterocycles. The summed E-state index contributed by atoms with van der Waals surface area (Å²) in [6, 6.07) is 5.74. The molecule has 0 saturated heterocycles. The molecule has 1 unspecified atom stereocenters. The Morgan fingerprint density at radius 2 is 2.23 bits per heavy atom. The molecule has 1 aromatic carbocycles. The number of amides is 1. The van der Waals surface area contributed by atoms with E-state index in [-0.39, 0.29) is 11.8 Å². The van der Waals surface area contributed by atoms with E-state index in [0.717, 1.165) is 47.0 Å². The van der Waals surface area contributed by atoms with Crippen LogP contribution in [0.15, 0.2) is 18.2 Å². The van der Waals surface area contributed by atoms with Gasteiger partial charge in [-0.25, -0.2) is 0 Å². The van der Waals surface area contributed by atoms with Crippen molar-refractivity contribution < 1.29 is 14.3 Å². The van der Waals surface area contributed by atoms with Crippen LogP contribution in [0.2, 0.25) is 0 Å². The second-order valence-electron chi connectivity index (χ2n) is 6.78. The van der Waals surface area contributed by atoms with Crippen LogP contribution in [0, 0.1) is 19.8 Å². The zero-order chi connectivity index (χ0) is 18.7. The Kier molecular flexibility index (Phi) is 5.49. The van der Waals surface area contributed by atoms with Crippen LogP contribution >= 0.6 is 0 Å². The lowest BCUT2D eigenvalue weighted by molar-refractivity contribution is -0.126. The van der Waals surface area contributed by atoms with Crippen LogP contribution in [0.4, 0.5) is 0 Å². The molecular formula is C20H27N3O3. The third kappa shape index (κ3) is 3.69. The van der Waals surface area contributed by atoms with E-state index in [0.29, 0.717) is 19.6 Å². The van der Waals surface area contributed by atoms with Crippen molar-refractivity contribution in [1.82, 2.24) is 15.1 Å². The maximum atomic E-state index is 12.6. The SMILES string of the molecule is CCCn1nc(C)c(CNC(=O)C2COc3cc(OC)ccc3C2)c1C. The minimum Gasteiger partial charge on any atom is -0.497 e. The van der Waals surface area contributed by atoms with E-state index < -0.39 is 0 Å². The number of rotatable bonds is 6. The first-order chi connectivity index (χ1) is 12.5. The fourth-order valence-electron chi connectivity index (χ4n) is 3.39. The molecule has 0 radical (unpaired) electrons. The van der Waals surface area contributed by atoms with Gasteiger partial charge in [0.1, 0.15) is 18.1 Å². The standard InChI is InChI=1S/C20H27N3O3/c1-5-8-23-14(3)18(13(2)22-23)11-21-20(24)16-9-15-6-7-17(25-4)10-19(15)26-12-16/h6-7,10,16H,5,8-9,11-12H2,1-4H3,(H,21,24). The number of benzene rings is 1. The molecule has 1 amide bonds. The van der Waals surface area contributed by atoms with Gasteiger partial charge in [-0.3, -0.25) is 9.48 Å². The van der Waals surface area contributed by atoms with Gasteiger partial charge < -0.3 is 14.8 Å². The van der Waals surface area contributed by atoms with Crippen LogP contribution in [0.25, 0.3) is 0 Å². The number of hydrogen-bond donors (Lipinski definition) is 1. The highest BCUT2D eigenvalue weighted by Gasteiger charge is 2.26. The largest absolute Gasteiger partial charge is 0.497 e. The smallest absolute Gasteiger partial charge is 0.227 e. The van der Waals surface area contributed by atoms with Crippen molar-refractivity contribution >= 4 is 5.91 Å². The van der Waals surface area contributed by atoms with Gasteiger partial charge in [0.25, 0.3) is 0 Å². The Morgan fingerprint density at radius 1 is 1.42 bits per heavy atom. The highest BCUT2D eigenvalue weighted by Crippen LogP contribution is 2.31. The average molecular weight is 357 g/mol. The van der Waals surface area contributed by atoms with Crippen molar-refractivity contribution in [1.29, 1.82) is 0 Å². The molecule has 26 heavy (non-hydrogen) atoms. The lowest BCUT2D eigenvalue weighted by Crippen LogP contribution is -2.37. The van der Waals surface area contributed by atoms with Gasteiger partial charge in [0, 0.05) is 30.4 Å². The summed E-state index contributed by atoms with van der Waals surface area (Å²) in [5.74, 6) is 1.42. The molecule has 140 valence electrons. The van der Waals surface area contributed by atoms with Crippen LogP contribution in [-0.4, -0.2) is 29.4 Å². The predicted octanol–water partition coefficient (Wildman–Crippen LogP) is 2.79. The van der Waals surface area contributed by atoms with Gasteiger partial charge in [0.2, 0.25) is 5.91 Å². The summed E-state index contributed by atoms with van der Waals surface area (Å²) in [6.07, 6.45) is 1.72. The van der Waals surface area contributed by atoms with Crippen molar-refractivity contribution in [2.45, 2.75) is 46.7 Å². The maximum Gasteiger partial charge on any atom is 0.227 e. The van der Waals surface area contributed by atoms with Crippen LogP contribution < -0.4 is 14.8 Å². The van der Waals surface area contributed by atoms with Gasteiger partial charge in [0.05, 0.1) is 18.7 Å². The monoisotopic (exact) mass is 357 g/mol. The molecule has 1 N–H and O–H groups in total. The topological polar surface area (TPSA) is 65.4 Å². The summed E-state index contributed by atoms with van der Waals surface area (Å²) >= 11 is 0. The summed E-state index contributed by atoms with van der Waals surface area (Å²) in [6.45, 7) is 7.98. The molecular weight excluding hydrogens is 330 g/mol. The molecule has 0 bridgehead atoms. The molecule has 3 rings (SSSR count). The van der Waals surface area contributed by atoms with E-state index in [1.165, 1.54) is 0 Å². The van der Waals surface area contributed by atoms with E-state index >= 15 is 0 Å². The molecule has 0 saturated carbocycles. The molecule has 6 nitrogen and oxygen atoms in total. The van der Waals surface area contributed by atoms with Crippen molar-refractivity contribution in [2.24, 2.45) is 5.92 Å². The van der Waals surface area contributed by atoms with Gasteiger partial charge in [-0.2, -0.15) is 5.10 Å². The molecule has 1 aliphatic heterocycles. The first kappa shape index (κ1) is 18.3. The Morgan fingerprint density at radius 3 is 2.96 bits per heavy atom. The highest BCUT2D eigenvalue weighted by atomic mass is 16.5. The van der Waals surface area contributed by atoms with Crippen molar-refractivity contribution in [3.8, 4) is 11.5 Å². The fourth-order valence-corrected chi connectivity index (χ4v) is 3.39. The summed E-state index contributed by atoms with van der Waals surface area (Å²) in [5.41, 5.74) is 4.25. The Hall–Kier alpha value is -2.50. The molecule has 2 heterocycles. The van der Waals surface area contributed by atoms with Crippen molar-refractivity contribution in [3.05, 3.63) is 40.7 Å². The molecule has 0 spiro atoms. The number of fused-ring (bicyclic) bond motifs is 1. The van der Waals surface area contributed by atoms with Gasteiger partial charge in [-0.05, 0) is 38.3 Å². The molecule has 0 aliphatic carbocycles. The summed E-state index contributed by atoms with van der Waals surface area (Å²) in [7, 11) is 1.63. The minimum atomic E-state index is -0.179. The first-order valence-electron chi connectivity index (χ1n) is 9.13. The molecule has 6 heteroatoms. The number of aromatic nitrogens is 2. The van der Waals surface area contributed by atoms with Crippen LogP contribution in [0.5, 0.6) is 11.5 Å². The molecule has 0 fully saturated rings. The Labute approximate surface area is 154 Å². The summed E-state index contributed by atoms with van der Waals surface area (Å²) in [5, 5.41) is 7.63. The van der Waals surface area contributed by atoms with Gasteiger partial charge >= 0.3 is 0 Å². The van der Waals surface area contributed by atoms with Crippen LogP contribution in [-0.2, 0) is 24.3 Å². The second-order valence-corrected chi connectivity index (χ2v) is 6.78. The summed E-state index contributed by atoms with van der Waals surface area (Å²) in [4.78, 5) is 12.6. The number of nitrogens with zero attached hydrogens (tertiary/aromatic N) is 2. The Bertz CT molecular complexity index is 798. The normalized spacial score (nSPS) is 15.9. The quantitative estimate of drug-likeness (QED) is 0.863. The van der Waals surface area contributed by atoms with E-state index in [9.17, 15) is 4.79 Å². The van der Waals surface area contributed by atoms with E-state index in [2.05, 4.69) is 24.3 Å². The number of carbonyl (C=O) groups is 1. The number of nitrogens with one attached hydrogen (secondary N) is 1. The van der Waals surface area contributed by atoms with E-state index in [1.807, 2.05) is 29.8 Å². The first-order valence-corrected chi connectivity index (χ1v) is 9.13. The third-order valence-electron chi connectivity index (χ3n) is 4.96. The number of carbonyl (C=O) groups excluding carboxylic acids is 1. The maximum absolute atomic E-state index is 12.6. The van der Waals surface area contributed by atoms with Gasteiger partial charge in [0.15, 0.2) is 0 Å². The zero-order valence-corrected chi connectivity index (χ0v) is 16.0. The van der Waals surface area contributed by atoms with Crippen LogP contribution in [0.1, 0.15) is 35.9 Å². The molecule has 1 atom stereocenters. The number of methoxy groups -OCH3 is 1. The van der Waals surface area contributed by atoms with Gasteiger partial charge in [-0.1, -0.05) is 13.0 Å². The number of hydrogen-bond acceptors (Lipinski definition) is 4. The lowest BCUT2D eigenvalue weighted by atomic mass is 9.95. The van der Waals surface area contributed by atoms with Gasteiger partial charge in [-0.15, -0.1) is 0 Å². The predicted molar refractivity (Wildman–Crippen MR) is 99.5 cm³/mol. The fraction of sp³-hybridized carbons (Fsp3) is 0.500. The zero-order valence-electron chi connectivity index (χ0n) is 16.0. The number of aryl methyl sites for hydroxylation is 2. The lowest BCUT2D eigenvalue weighted by Gasteiger charge is -2.25. The Balaban J connectivity index is 1.62. The van der Waals surface area contributed by atoms with Crippen LogP contribution in [0.3, 0.4) is 0 Å². The van der Waals surface area contributed by atoms with Crippen molar-refractivity contribution in [3.63, 3.8) is 0 Å². The highest BCUT2D eigenvalue weighted by molar-refractivity contribution is 5.79. The summed E-state index contributed by atoms with van der Waals surface area (Å²) < 4.78 is 13.0. The van der Waals surface area contributed by atoms with E-state index in [1.54, 1.807) is 7.11 Å². The molecule has 2 aromatic rings. The van der Waals surface area contributed by atoms with E-state index in [4.69, 9.17) is 9.47 Å². The second kappa shape index (κ2) is 7.81. The van der Waals surface area contributed by atoms with Crippen molar-refractivity contribution in [2.75, 3.05) is 13.7 Å². The third-order valence-corrected chi connectivity index (χ3v) is 4.96. The molecule has 1 aliphatic rings. The minimum absolute atomic E-state index is 0.0218.